The number of aliphatic hydroxyl groups is 1. The normalized spacial score (nSPS) is 46.1. The maximum atomic E-state index is 14.6. The van der Waals surface area contributed by atoms with E-state index in [1.807, 2.05) is 33.0 Å². The van der Waals surface area contributed by atoms with Crippen LogP contribution in [0.3, 0.4) is 0 Å². The summed E-state index contributed by atoms with van der Waals surface area (Å²) in [5.41, 5.74) is 0.212. The number of carbonyl (C=O) groups is 2. The Morgan fingerprint density at radius 1 is 1.36 bits per heavy atom. The summed E-state index contributed by atoms with van der Waals surface area (Å²) in [4.78, 5) is 29.9. The fourth-order valence-corrected chi connectivity index (χ4v) is 8.21. The maximum Gasteiger partial charge on any atom is 0.342 e. The molecule has 2 bridgehead atoms. The predicted octanol–water partition coefficient (Wildman–Crippen LogP) is 2.75. The van der Waals surface area contributed by atoms with Crippen molar-refractivity contribution in [2.24, 2.45) is 28.6 Å². The Morgan fingerprint density at radius 2 is 2.14 bits per heavy atom. The molecule has 7 heteroatoms. The van der Waals surface area contributed by atoms with Crippen molar-refractivity contribution in [1.82, 2.24) is 4.90 Å². The highest BCUT2D eigenvalue weighted by atomic mass is 16.7. The molecule has 3 unspecified atom stereocenters. The third-order valence-electron chi connectivity index (χ3n) is 10.4. The molecule has 3 fully saturated rings. The maximum absolute atomic E-state index is 14.6. The van der Waals surface area contributed by atoms with E-state index in [1.54, 1.807) is 11.0 Å². The van der Waals surface area contributed by atoms with Crippen molar-refractivity contribution in [3.8, 4) is 11.8 Å². The standard InChI is InChI=1S/C29H35NO6/c1-6-27(4)20-10-11-28-13-16(2)24(36-26(33)21-9-7-8-17(3)30(21)5)29(28)25(34-15-35-29)18(14-31)12-19(22(20)27)23(28)32/h8,12-13,19-22,24-25,31H,6,10-11,14-15H2,1-5H3/t19-,20?,21?,22?,24-,25+,27-,28+,29+/m0/s1. The molecule has 0 amide bonds. The first-order valence-electron chi connectivity index (χ1n) is 13.1. The van der Waals surface area contributed by atoms with Crippen LogP contribution < -0.4 is 0 Å². The zero-order valence-corrected chi connectivity index (χ0v) is 21.7. The molecule has 0 aromatic heterocycles. The second-order valence-electron chi connectivity index (χ2n) is 11.7. The van der Waals surface area contributed by atoms with Crippen LogP contribution in [0.25, 0.3) is 0 Å². The highest BCUT2D eigenvalue weighted by Gasteiger charge is 2.77. The smallest absolute Gasteiger partial charge is 0.342 e. The molecule has 2 heterocycles. The Bertz CT molecular complexity index is 1190. The highest BCUT2D eigenvalue weighted by molar-refractivity contribution is 5.95. The van der Waals surface area contributed by atoms with Crippen molar-refractivity contribution in [3.05, 3.63) is 35.1 Å². The molecule has 6 aliphatic rings. The van der Waals surface area contributed by atoms with Crippen molar-refractivity contribution in [2.45, 2.75) is 70.8 Å². The van der Waals surface area contributed by atoms with Gasteiger partial charge in [-0.25, -0.2) is 4.79 Å². The highest BCUT2D eigenvalue weighted by Crippen LogP contribution is 2.72. The van der Waals surface area contributed by atoms with Crippen LogP contribution in [0.15, 0.2) is 35.1 Å². The molecule has 4 aliphatic carbocycles. The van der Waals surface area contributed by atoms with Crippen LogP contribution in [0.5, 0.6) is 0 Å². The lowest BCUT2D eigenvalue weighted by atomic mass is 9.63. The average molecular weight is 494 g/mol. The summed E-state index contributed by atoms with van der Waals surface area (Å²) >= 11 is 0. The van der Waals surface area contributed by atoms with Crippen LogP contribution in [0.1, 0.15) is 47.0 Å². The summed E-state index contributed by atoms with van der Waals surface area (Å²) in [6.07, 6.45) is 6.78. The number of hydrogen-bond donors (Lipinski definition) is 1. The molecule has 2 spiro atoms. The predicted molar refractivity (Wildman–Crippen MR) is 131 cm³/mol. The van der Waals surface area contributed by atoms with Crippen LogP contribution >= 0.6 is 0 Å². The van der Waals surface area contributed by atoms with Crippen LogP contribution in [0.2, 0.25) is 0 Å². The second-order valence-corrected chi connectivity index (χ2v) is 11.7. The topological polar surface area (TPSA) is 85.3 Å². The SMILES string of the molecule is CC[C@@]1(C)C2CC[C@]34C=C(C)[C@H](OC(=O)C5C#CC=C(C)N5C)[C@]35OCO[C@@H]5C(CO)=C[C@H](C4=O)C21. The lowest BCUT2D eigenvalue weighted by Crippen LogP contribution is -2.63. The zero-order chi connectivity index (χ0) is 25.6. The van der Waals surface area contributed by atoms with E-state index in [0.29, 0.717) is 17.9 Å². The third kappa shape index (κ3) is 2.76. The van der Waals surface area contributed by atoms with E-state index in [4.69, 9.17) is 14.2 Å². The summed E-state index contributed by atoms with van der Waals surface area (Å²) < 4.78 is 18.8. The Morgan fingerprint density at radius 3 is 2.86 bits per heavy atom. The number of esters is 1. The molecular weight excluding hydrogens is 458 g/mol. The van der Waals surface area contributed by atoms with Crippen molar-refractivity contribution in [3.63, 3.8) is 0 Å². The van der Waals surface area contributed by atoms with Gasteiger partial charge in [0, 0.05) is 24.7 Å². The zero-order valence-electron chi connectivity index (χ0n) is 21.7. The van der Waals surface area contributed by atoms with E-state index >= 15 is 0 Å². The van der Waals surface area contributed by atoms with Crippen LogP contribution in [-0.4, -0.2) is 66.1 Å². The van der Waals surface area contributed by atoms with E-state index in [0.717, 1.165) is 24.1 Å². The first-order chi connectivity index (χ1) is 17.2. The molecular formula is C29H35NO6. The van der Waals surface area contributed by atoms with Gasteiger partial charge in [0.1, 0.15) is 12.9 Å². The van der Waals surface area contributed by atoms with E-state index in [-0.39, 0.29) is 36.4 Å². The van der Waals surface area contributed by atoms with Gasteiger partial charge in [-0.2, -0.15) is 0 Å². The lowest BCUT2D eigenvalue weighted by molar-refractivity contribution is -0.182. The number of fused-ring (bicyclic) bond motifs is 3. The Balaban J connectivity index is 1.44. The van der Waals surface area contributed by atoms with E-state index in [1.165, 1.54) is 0 Å². The van der Waals surface area contributed by atoms with Crippen LogP contribution in [0.4, 0.5) is 0 Å². The number of Topliss-reactive ketones (excluding diaryl/α,β-unsaturated/α-hetero) is 1. The first-order valence-corrected chi connectivity index (χ1v) is 13.1. The summed E-state index contributed by atoms with van der Waals surface area (Å²) in [7, 11) is 1.81. The number of carbonyl (C=O) groups excluding carboxylic acids is 2. The van der Waals surface area contributed by atoms with Crippen molar-refractivity contribution < 1.29 is 28.9 Å². The fraction of sp³-hybridized carbons (Fsp3) is 0.655. The van der Waals surface area contributed by atoms with E-state index < -0.39 is 35.2 Å². The van der Waals surface area contributed by atoms with Gasteiger partial charge < -0.3 is 24.2 Å². The van der Waals surface area contributed by atoms with Crippen LogP contribution in [-0.2, 0) is 23.8 Å². The molecule has 1 N–H and O–H groups in total. The van der Waals surface area contributed by atoms with Gasteiger partial charge in [0.05, 0.1) is 12.0 Å². The second kappa shape index (κ2) is 7.80. The molecule has 1 saturated heterocycles. The Labute approximate surface area is 212 Å². The molecule has 2 aliphatic heterocycles. The number of aliphatic hydroxyl groups excluding tert-OH is 1. The van der Waals surface area contributed by atoms with Gasteiger partial charge in [0.2, 0.25) is 0 Å². The van der Waals surface area contributed by atoms with Gasteiger partial charge >= 0.3 is 5.97 Å². The van der Waals surface area contributed by atoms with Gasteiger partial charge in [-0.05, 0) is 55.1 Å². The third-order valence-corrected chi connectivity index (χ3v) is 10.4. The van der Waals surface area contributed by atoms with Gasteiger partial charge in [0.25, 0.3) is 0 Å². The number of ketones is 1. The Kier molecular flexibility index (Phi) is 5.19. The van der Waals surface area contributed by atoms with Gasteiger partial charge in [-0.3, -0.25) is 4.79 Å². The number of rotatable bonds is 4. The molecule has 192 valence electrons. The summed E-state index contributed by atoms with van der Waals surface area (Å²) in [6.45, 7) is 8.02. The van der Waals surface area contributed by atoms with Crippen LogP contribution in [0, 0.1) is 40.4 Å². The van der Waals surface area contributed by atoms with Crippen molar-refractivity contribution in [2.75, 3.05) is 20.4 Å². The number of nitrogens with zero attached hydrogens (tertiary/aromatic N) is 1. The number of ether oxygens (including phenoxy) is 3. The molecule has 7 nitrogen and oxygen atoms in total. The van der Waals surface area contributed by atoms with Gasteiger partial charge in [-0.15, -0.1) is 0 Å². The van der Waals surface area contributed by atoms with E-state index in [2.05, 4.69) is 25.7 Å². The molecule has 0 aromatic rings. The largest absolute Gasteiger partial charge is 0.452 e. The number of hydrogen-bond acceptors (Lipinski definition) is 7. The Hall–Kier alpha value is -2.40. The van der Waals surface area contributed by atoms with Gasteiger partial charge in [0.15, 0.2) is 23.5 Å². The molecule has 6 rings (SSSR count). The van der Waals surface area contributed by atoms with Crippen molar-refractivity contribution >= 4 is 11.8 Å². The lowest BCUT2D eigenvalue weighted by Gasteiger charge is -2.46. The molecule has 2 saturated carbocycles. The molecule has 9 atom stereocenters. The van der Waals surface area contributed by atoms with Gasteiger partial charge in [-0.1, -0.05) is 44.3 Å². The van der Waals surface area contributed by atoms with E-state index in [9.17, 15) is 14.7 Å². The average Bonchev–Trinajstić information content (AvgIpc) is 3.16. The minimum absolute atomic E-state index is 0.0264. The summed E-state index contributed by atoms with van der Waals surface area (Å²) in [5, 5.41) is 10.5. The molecule has 0 radical (unpaired) electrons. The molecule has 36 heavy (non-hydrogen) atoms. The summed E-state index contributed by atoms with van der Waals surface area (Å²) in [6, 6.07) is -0.745. The fourth-order valence-electron chi connectivity index (χ4n) is 8.21. The summed E-state index contributed by atoms with van der Waals surface area (Å²) in [5.74, 6) is 5.86. The monoisotopic (exact) mass is 493 g/mol. The number of likely N-dealkylation sites (N-methyl/N-ethyl adjacent to an activating group) is 1. The first kappa shape index (κ1) is 24.0. The minimum atomic E-state index is -1.24. The molecule has 0 aromatic carbocycles. The van der Waals surface area contributed by atoms with Crippen molar-refractivity contribution in [1.29, 1.82) is 0 Å². The number of allylic oxidation sites excluding steroid dienone is 3. The quantitative estimate of drug-likeness (QED) is 0.366. The minimum Gasteiger partial charge on any atom is -0.452 e.